The van der Waals surface area contributed by atoms with Gasteiger partial charge in [-0.3, -0.25) is 4.79 Å². The number of carbonyl (C=O) groups is 1. The van der Waals surface area contributed by atoms with Crippen molar-refractivity contribution in [1.29, 1.82) is 0 Å². The fourth-order valence-electron chi connectivity index (χ4n) is 1.60. The predicted molar refractivity (Wildman–Crippen MR) is 76.9 cm³/mol. The van der Waals surface area contributed by atoms with E-state index in [-0.39, 0.29) is 23.2 Å². The minimum absolute atomic E-state index is 0.138. The van der Waals surface area contributed by atoms with Gasteiger partial charge in [0.05, 0.1) is 11.4 Å². The van der Waals surface area contributed by atoms with E-state index in [9.17, 15) is 13.6 Å². The molecule has 104 valence electrons. The van der Waals surface area contributed by atoms with Crippen molar-refractivity contribution in [3.05, 3.63) is 59.7 Å². The number of amides is 1. The fourth-order valence-corrected chi connectivity index (χ4v) is 2.30. The van der Waals surface area contributed by atoms with E-state index in [0.717, 1.165) is 10.5 Å². The minimum atomic E-state index is -0.462. The van der Waals surface area contributed by atoms with Gasteiger partial charge in [-0.05, 0) is 48.9 Å². The molecule has 0 saturated heterocycles. The summed E-state index contributed by atoms with van der Waals surface area (Å²) in [4.78, 5) is 12.5. The summed E-state index contributed by atoms with van der Waals surface area (Å²) in [6, 6.07) is 10.4. The van der Waals surface area contributed by atoms with Crippen LogP contribution in [0.4, 0.5) is 14.5 Å². The van der Waals surface area contributed by atoms with E-state index < -0.39 is 5.82 Å². The molecule has 0 fully saturated rings. The van der Waals surface area contributed by atoms with Gasteiger partial charge < -0.3 is 5.32 Å². The molecule has 0 atom stereocenters. The number of thioether (sulfide) groups is 1. The van der Waals surface area contributed by atoms with Gasteiger partial charge in [-0.2, -0.15) is 0 Å². The number of aryl methyl sites for hydroxylation is 1. The van der Waals surface area contributed by atoms with E-state index in [2.05, 4.69) is 5.32 Å². The van der Waals surface area contributed by atoms with E-state index in [1.165, 1.54) is 30.0 Å². The highest BCUT2D eigenvalue weighted by Gasteiger charge is 2.08. The number of rotatable bonds is 4. The van der Waals surface area contributed by atoms with Crippen LogP contribution in [0.15, 0.2) is 47.4 Å². The maximum atomic E-state index is 13.5. The third kappa shape index (κ3) is 4.06. The lowest BCUT2D eigenvalue weighted by atomic mass is 10.2. The SMILES string of the molecule is Cc1ccc(F)c(NC(=O)CSc2ccc(F)cc2)c1. The van der Waals surface area contributed by atoms with Crippen LogP contribution < -0.4 is 5.32 Å². The lowest BCUT2D eigenvalue weighted by molar-refractivity contribution is -0.113. The van der Waals surface area contributed by atoms with E-state index in [4.69, 9.17) is 0 Å². The van der Waals surface area contributed by atoms with Crippen molar-refractivity contribution >= 4 is 23.4 Å². The number of halogens is 2. The zero-order chi connectivity index (χ0) is 14.5. The summed E-state index contributed by atoms with van der Waals surface area (Å²) in [5, 5.41) is 2.52. The Kier molecular flexibility index (Phi) is 4.74. The highest BCUT2D eigenvalue weighted by Crippen LogP contribution is 2.20. The summed E-state index contributed by atoms with van der Waals surface area (Å²) in [5.74, 6) is -0.945. The number of nitrogens with one attached hydrogen (secondary N) is 1. The Bertz CT molecular complexity index is 614. The van der Waals surface area contributed by atoms with Gasteiger partial charge in [0.2, 0.25) is 5.91 Å². The molecule has 0 saturated carbocycles. The van der Waals surface area contributed by atoms with E-state index in [0.29, 0.717) is 0 Å². The predicted octanol–water partition coefficient (Wildman–Crippen LogP) is 4.00. The normalized spacial score (nSPS) is 10.3. The number of hydrogen-bond acceptors (Lipinski definition) is 2. The second-order valence-corrected chi connectivity index (χ2v) is 5.32. The standard InChI is InChI=1S/C15H13F2NOS/c1-10-2-7-13(17)14(8-10)18-15(19)9-20-12-5-3-11(16)4-6-12/h2-8H,9H2,1H3,(H,18,19). The summed E-state index contributed by atoms with van der Waals surface area (Å²) < 4.78 is 26.2. The van der Waals surface area contributed by atoms with Crippen LogP contribution >= 0.6 is 11.8 Å². The topological polar surface area (TPSA) is 29.1 Å². The first-order chi connectivity index (χ1) is 9.54. The molecule has 1 N–H and O–H groups in total. The number of hydrogen-bond donors (Lipinski definition) is 1. The smallest absolute Gasteiger partial charge is 0.234 e. The van der Waals surface area contributed by atoms with Gasteiger partial charge in [0.25, 0.3) is 0 Å². The van der Waals surface area contributed by atoms with Crippen molar-refractivity contribution in [2.24, 2.45) is 0 Å². The number of anilines is 1. The third-order valence-electron chi connectivity index (χ3n) is 2.58. The van der Waals surface area contributed by atoms with Crippen LogP contribution in [-0.4, -0.2) is 11.7 Å². The Balaban J connectivity index is 1.92. The van der Waals surface area contributed by atoms with Crippen molar-refractivity contribution in [2.45, 2.75) is 11.8 Å². The summed E-state index contributed by atoms with van der Waals surface area (Å²) in [5.41, 5.74) is 1.04. The summed E-state index contributed by atoms with van der Waals surface area (Å²) in [6.07, 6.45) is 0. The lowest BCUT2D eigenvalue weighted by Gasteiger charge is -2.07. The van der Waals surface area contributed by atoms with Crippen molar-refractivity contribution < 1.29 is 13.6 Å². The first kappa shape index (κ1) is 14.5. The molecule has 0 radical (unpaired) electrons. The fraction of sp³-hybridized carbons (Fsp3) is 0.133. The van der Waals surface area contributed by atoms with Crippen molar-refractivity contribution in [1.82, 2.24) is 0 Å². The van der Waals surface area contributed by atoms with Gasteiger partial charge in [-0.25, -0.2) is 8.78 Å². The zero-order valence-electron chi connectivity index (χ0n) is 10.8. The maximum Gasteiger partial charge on any atom is 0.234 e. The van der Waals surface area contributed by atoms with Crippen LogP contribution in [0.1, 0.15) is 5.56 Å². The molecule has 2 rings (SSSR count). The van der Waals surface area contributed by atoms with Crippen LogP contribution in [0.25, 0.3) is 0 Å². The molecular formula is C15H13F2NOS. The summed E-state index contributed by atoms with van der Waals surface area (Å²) in [7, 11) is 0. The summed E-state index contributed by atoms with van der Waals surface area (Å²) in [6.45, 7) is 1.82. The van der Waals surface area contributed by atoms with Gasteiger partial charge in [0.15, 0.2) is 0 Å². The average molecular weight is 293 g/mol. The minimum Gasteiger partial charge on any atom is -0.323 e. The van der Waals surface area contributed by atoms with Gasteiger partial charge in [-0.15, -0.1) is 11.8 Å². The van der Waals surface area contributed by atoms with Gasteiger partial charge in [-0.1, -0.05) is 6.07 Å². The average Bonchev–Trinajstić information content (AvgIpc) is 2.42. The first-order valence-corrected chi connectivity index (χ1v) is 6.97. The molecule has 0 heterocycles. The number of benzene rings is 2. The summed E-state index contributed by atoms with van der Waals surface area (Å²) >= 11 is 1.27. The second-order valence-electron chi connectivity index (χ2n) is 4.27. The van der Waals surface area contributed by atoms with Crippen LogP contribution in [0.5, 0.6) is 0 Å². The Morgan fingerprint density at radius 1 is 1.15 bits per heavy atom. The molecule has 0 aliphatic carbocycles. The molecule has 0 spiro atoms. The number of carbonyl (C=O) groups excluding carboxylic acids is 1. The monoisotopic (exact) mass is 293 g/mol. The molecule has 1 amide bonds. The van der Waals surface area contributed by atoms with Gasteiger partial charge in [0, 0.05) is 4.90 Å². The molecule has 0 bridgehead atoms. The molecular weight excluding hydrogens is 280 g/mol. The molecule has 20 heavy (non-hydrogen) atoms. The molecule has 0 aliphatic heterocycles. The first-order valence-electron chi connectivity index (χ1n) is 5.99. The van der Waals surface area contributed by atoms with Crippen LogP contribution in [0, 0.1) is 18.6 Å². The van der Waals surface area contributed by atoms with Crippen LogP contribution in [0.3, 0.4) is 0 Å². The molecule has 2 nitrogen and oxygen atoms in total. The van der Waals surface area contributed by atoms with Crippen LogP contribution in [0.2, 0.25) is 0 Å². The Morgan fingerprint density at radius 2 is 1.85 bits per heavy atom. The second kappa shape index (κ2) is 6.52. The Labute approximate surface area is 120 Å². The Morgan fingerprint density at radius 3 is 2.55 bits per heavy atom. The maximum absolute atomic E-state index is 13.5. The largest absolute Gasteiger partial charge is 0.323 e. The van der Waals surface area contributed by atoms with Crippen molar-refractivity contribution in [3.8, 4) is 0 Å². The third-order valence-corrected chi connectivity index (χ3v) is 3.59. The van der Waals surface area contributed by atoms with Crippen LogP contribution in [-0.2, 0) is 4.79 Å². The highest BCUT2D eigenvalue weighted by atomic mass is 32.2. The highest BCUT2D eigenvalue weighted by molar-refractivity contribution is 8.00. The molecule has 0 unspecified atom stereocenters. The Hall–Kier alpha value is -1.88. The quantitative estimate of drug-likeness (QED) is 0.863. The van der Waals surface area contributed by atoms with Gasteiger partial charge in [0.1, 0.15) is 11.6 Å². The van der Waals surface area contributed by atoms with E-state index >= 15 is 0 Å². The molecule has 0 aliphatic rings. The van der Waals surface area contributed by atoms with Crippen molar-refractivity contribution in [2.75, 3.05) is 11.1 Å². The van der Waals surface area contributed by atoms with Gasteiger partial charge >= 0.3 is 0 Å². The molecule has 2 aromatic carbocycles. The van der Waals surface area contributed by atoms with E-state index in [1.807, 2.05) is 6.92 Å². The molecule has 5 heteroatoms. The molecule has 2 aromatic rings. The zero-order valence-corrected chi connectivity index (χ0v) is 11.6. The van der Waals surface area contributed by atoms with Crippen molar-refractivity contribution in [3.63, 3.8) is 0 Å². The van der Waals surface area contributed by atoms with E-state index in [1.54, 1.807) is 24.3 Å². The molecule has 0 aromatic heterocycles. The lowest BCUT2D eigenvalue weighted by Crippen LogP contribution is -2.15.